The highest BCUT2D eigenvalue weighted by Crippen LogP contribution is 2.38. The van der Waals surface area contributed by atoms with E-state index in [0.717, 1.165) is 92.7 Å². The summed E-state index contributed by atoms with van der Waals surface area (Å²) in [5, 5.41) is 22.6. The monoisotopic (exact) mass is 710 g/mol. The van der Waals surface area contributed by atoms with Gasteiger partial charge in [0.05, 0.1) is 11.4 Å². The Morgan fingerprint density at radius 1 is 1.00 bits per heavy atom. The topological polar surface area (TPSA) is 141 Å². The van der Waals surface area contributed by atoms with Gasteiger partial charge in [-0.15, -0.1) is 0 Å². The highest BCUT2D eigenvalue weighted by atomic mass is 19.1. The van der Waals surface area contributed by atoms with Crippen LogP contribution in [0.4, 0.5) is 14.9 Å². The van der Waals surface area contributed by atoms with Crippen molar-refractivity contribution in [3.63, 3.8) is 0 Å². The van der Waals surface area contributed by atoms with Crippen LogP contribution in [0.15, 0.2) is 42.5 Å². The third kappa shape index (κ3) is 6.84. The van der Waals surface area contributed by atoms with Crippen LogP contribution in [0.1, 0.15) is 72.9 Å². The Morgan fingerprint density at radius 2 is 1.79 bits per heavy atom. The quantitative estimate of drug-likeness (QED) is 0.216. The summed E-state index contributed by atoms with van der Waals surface area (Å²) in [4.78, 5) is 48.3. The van der Waals surface area contributed by atoms with Crippen LogP contribution in [0.2, 0.25) is 0 Å². The number of imide groups is 1. The van der Waals surface area contributed by atoms with E-state index in [1.54, 1.807) is 4.90 Å². The van der Waals surface area contributed by atoms with Crippen molar-refractivity contribution in [3.8, 4) is 11.4 Å². The van der Waals surface area contributed by atoms with Crippen molar-refractivity contribution < 1.29 is 23.9 Å². The highest BCUT2D eigenvalue weighted by molar-refractivity contribution is 6.06. The molecule has 0 saturated carbocycles. The lowest BCUT2D eigenvalue weighted by Crippen LogP contribution is -2.50. The lowest BCUT2D eigenvalue weighted by atomic mass is 9.76. The lowest BCUT2D eigenvalue weighted by Gasteiger charge is -2.40. The summed E-state index contributed by atoms with van der Waals surface area (Å²) in [6.45, 7) is 10.1. The SMILES string of the molecule is CC1(C)CCc2c(-c3cc4cc(C(O)N5CCN(CC6CCN(C(=O)c7ccc(F)c(N8CCC(=O)NC8=O)c7)CC6)CC5)ccc4[nH]3)n[nH]c2C1. The Kier molecular flexibility index (Phi) is 9.12. The van der Waals surface area contributed by atoms with Gasteiger partial charge in [-0.25, -0.2) is 9.18 Å². The van der Waals surface area contributed by atoms with E-state index in [9.17, 15) is 23.9 Å². The van der Waals surface area contributed by atoms with Gasteiger partial charge in [-0.3, -0.25) is 29.8 Å². The Hall–Kier alpha value is -4.59. The van der Waals surface area contributed by atoms with Crippen molar-refractivity contribution in [2.24, 2.45) is 11.3 Å². The van der Waals surface area contributed by atoms with E-state index < -0.39 is 24.0 Å². The molecule has 5 heterocycles. The number of nitrogens with one attached hydrogen (secondary N) is 3. The molecule has 0 bridgehead atoms. The van der Waals surface area contributed by atoms with Crippen LogP contribution < -0.4 is 10.2 Å². The zero-order valence-electron chi connectivity index (χ0n) is 29.9. The number of piperidine rings is 1. The first kappa shape index (κ1) is 34.5. The summed E-state index contributed by atoms with van der Waals surface area (Å²) in [7, 11) is 0. The van der Waals surface area contributed by atoms with Crippen molar-refractivity contribution >= 4 is 34.4 Å². The predicted molar refractivity (Wildman–Crippen MR) is 195 cm³/mol. The second-order valence-corrected chi connectivity index (χ2v) is 15.8. The average Bonchev–Trinajstić information content (AvgIpc) is 3.75. The van der Waals surface area contributed by atoms with E-state index in [1.165, 1.54) is 34.4 Å². The number of aliphatic hydroxyl groups excluding tert-OH is 1. The number of H-pyrrole nitrogens is 2. The summed E-state index contributed by atoms with van der Waals surface area (Å²) in [6.07, 6.45) is 4.31. The van der Waals surface area contributed by atoms with E-state index in [0.29, 0.717) is 24.6 Å². The van der Waals surface area contributed by atoms with Gasteiger partial charge in [0.25, 0.3) is 5.91 Å². The molecule has 3 fully saturated rings. The number of amides is 4. The Bertz CT molecular complexity index is 2010. The van der Waals surface area contributed by atoms with Crippen LogP contribution in [0.3, 0.4) is 0 Å². The van der Waals surface area contributed by atoms with Crippen LogP contribution in [0, 0.1) is 17.2 Å². The molecule has 2 aromatic carbocycles. The van der Waals surface area contributed by atoms with Crippen LogP contribution in [-0.2, 0) is 17.6 Å². The molecule has 13 heteroatoms. The number of likely N-dealkylation sites (tertiary alicyclic amines) is 1. The van der Waals surface area contributed by atoms with E-state index in [4.69, 9.17) is 0 Å². The Balaban J connectivity index is 0.826. The molecular weight excluding hydrogens is 663 g/mol. The number of aliphatic hydroxyl groups is 1. The van der Waals surface area contributed by atoms with E-state index in [2.05, 4.69) is 62.3 Å². The number of piperazine rings is 1. The molecule has 4 aliphatic rings. The van der Waals surface area contributed by atoms with Gasteiger partial charge >= 0.3 is 6.03 Å². The number of aromatic amines is 2. The number of urea groups is 1. The third-order valence-electron chi connectivity index (χ3n) is 11.6. The van der Waals surface area contributed by atoms with Gasteiger partial charge in [-0.2, -0.15) is 5.10 Å². The number of hydrogen-bond acceptors (Lipinski definition) is 7. The molecule has 1 unspecified atom stereocenters. The summed E-state index contributed by atoms with van der Waals surface area (Å²) in [5.74, 6) is -0.745. The van der Waals surface area contributed by atoms with Crippen LogP contribution >= 0.6 is 0 Å². The van der Waals surface area contributed by atoms with Gasteiger partial charge in [0.1, 0.15) is 17.7 Å². The first-order chi connectivity index (χ1) is 25.0. The molecule has 0 radical (unpaired) electrons. The summed E-state index contributed by atoms with van der Waals surface area (Å²) >= 11 is 0. The molecule has 4 amide bonds. The lowest BCUT2D eigenvalue weighted by molar-refractivity contribution is -0.120. The minimum absolute atomic E-state index is 0.00145. The largest absolute Gasteiger partial charge is 0.374 e. The minimum atomic E-state index is -0.684. The van der Waals surface area contributed by atoms with Crippen LogP contribution in [-0.4, -0.2) is 105 Å². The summed E-state index contributed by atoms with van der Waals surface area (Å²) in [5.41, 5.74) is 7.10. The van der Waals surface area contributed by atoms with Gasteiger partial charge in [-0.05, 0) is 85.4 Å². The van der Waals surface area contributed by atoms with Crippen molar-refractivity contribution in [2.45, 2.75) is 58.6 Å². The van der Waals surface area contributed by atoms with Gasteiger partial charge in [0, 0.05) is 86.5 Å². The number of rotatable bonds is 7. The van der Waals surface area contributed by atoms with Gasteiger partial charge in [0.15, 0.2) is 0 Å². The average molecular weight is 711 g/mol. The zero-order chi connectivity index (χ0) is 36.1. The van der Waals surface area contributed by atoms with Gasteiger partial charge in [-0.1, -0.05) is 19.9 Å². The fraction of sp³-hybridized carbons (Fsp3) is 0.487. The van der Waals surface area contributed by atoms with Gasteiger partial charge < -0.3 is 19.9 Å². The first-order valence-corrected chi connectivity index (χ1v) is 18.6. The number of halogens is 1. The van der Waals surface area contributed by atoms with E-state index in [-0.39, 0.29) is 30.0 Å². The number of aromatic nitrogens is 3. The predicted octanol–water partition coefficient (Wildman–Crippen LogP) is 4.82. The van der Waals surface area contributed by atoms with Crippen molar-refractivity contribution in [3.05, 3.63) is 70.7 Å². The maximum atomic E-state index is 14.7. The molecule has 4 aromatic rings. The van der Waals surface area contributed by atoms with E-state index in [1.807, 2.05) is 6.07 Å². The summed E-state index contributed by atoms with van der Waals surface area (Å²) in [6, 6.07) is 11.7. The standard InChI is InChI=1S/C39H47FN8O4/c1-39(2)11-7-28-32(22-39)43-44-35(28)31-20-27-19-25(4-6-30(27)41-31)36(50)47-17-15-45(16-18-47)23-24-8-12-46(13-9-24)37(51)26-3-5-29(40)33(21-26)48-14-10-34(49)42-38(48)52/h3-6,19-21,24,36,41,50H,7-18,22-23H2,1-2H3,(H,43,44)(H,42,49,52). The van der Waals surface area contributed by atoms with Crippen LogP contribution in [0.25, 0.3) is 22.3 Å². The first-order valence-electron chi connectivity index (χ1n) is 18.6. The number of hydrogen-bond donors (Lipinski definition) is 4. The second kappa shape index (κ2) is 13.8. The van der Waals surface area contributed by atoms with E-state index >= 15 is 0 Å². The summed E-state index contributed by atoms with van der Waals surface area (Å²) < 4.78 is 14.7. The fourth-order valence-electron chi connectivity index (χ4n) is 8.42. The fourth-order valence-corrected chi connectivity index (χ4v) is 8.42. The number of benzene rings is 2. The number of carbonyl (C=O) groups is 3. The van der Waals surface area contributed by atoms with Crippen molar-refractivity contribution in [2.75, 3.05) is 57.3 Å². The van der Waals surface area contributed by atoms with Crippen LogP contribution in [0.5, 0.6) is 0 Å². The molecule has 12 nitrogen and oxygen atoms in total. The molecule has 4 N–H and O–H groups in total. The molecule has 8 rings (SSSR count). The second-order valence-electron chi connectivity index (χ2n) is 15.8. The number of nitrogens with zero attached hydrogens (tertiary/aromatic N) is 5. The number of anilines is 1. The maximum Gasteiger partial charge on any atom is 0.328 e. The molecule has 3 aliphatic heterocycles. The molecule has 2 aromatic heterocycles. The minimum Gasteiger partial charge on any atom is -0.374 e. The molecule has 274 valence electrons. The zero-order valence-corrected chi connectivity index (χ0v) is 29.9. The molecule has 1 atom stereocenters. The smallest absolute Gasteiger partial charge is 0.328 e. The normalized spacial score (nSPS) is 21.0. The number of carbonyl (C=O) groups excluding carboxylic acids is 3. The highest BCUT2D eigenvalue weighted by Gasteiger charge is 2.32. The van der Waals surface area contributed by atoms with Crippen molar-refractivity contribution in [1.29, 1.82) is 0 Å². The molecule has 52 heavy (non-hydrogen) atoms. The molecular formula is C39H47FN8O4. The third-order valence-corrected chi connectivity index (χ3v) is 11.6. The molecule has 1 aliphatic carbocycles. The van der Waals surface area contributed by atoms with Crippen molar-refractivity contribution in [1.82, 2.24) is 35.2 Å². The maximum absolute atomic E-state index is 14.7. The number of fused-ring (bicyclic) bond motifs is 2. The molecule has 0 spiro atoms. The molecule has 3 saturated heterocycles. The van der Waals surface area contributed by atoms with Gasteiger partial charge in [0.2, 0.25) is 5.91 Å². The Labute approximate surface area is 302 Å². The Morgan fingerprint density at radius 3 is 2.56 bits per heavy atom.